The summed E-state index contributed by atoms with van der Waals surface area (Å²) in [5.74, 6) is 0. The van der Waals surface area contributed by atoms with Crippen LogP contribution in [0, 0.1) is 0 Å². The molecule has 1 aromatic heterocycles. The maximum atomic E-state index is 6.04. The van der Waals surface area contributed by atoms with Gasteiger partial charge in [-0.25, -0.2) is 9.97 Å². The van der Waals surface area contributed by atoms with Gasteiger partial charge < -0.3 is 5.73 Å². The SMILES string of the molecule is N[C@@H](Cc1ccccc1)c1ccncn1. The third-order valence-corrected chi connectivity index (χ3v) is 2.28. The van der Waals surface area contributed by atoms with Crippen LogP contribution in [-0.2, 0) is 6.42 Å². The van der Waals surface area contributed by atoms with Crippen molar-refractivity contribution in [3.8, 4) is 0 Å². The van der Waals surface area contributed by atoms with Crippen LogP contribution in [-0.4, -0.2) is 9.97 Å². The van der Waals surface area contributed by atoms with Crippen LogP contribution in [0.1, 0.15) is 17.3 Å². The Kier molecular flexibility index (Phi) is 3.05. The summed E-state index contributed by atoms with van der Waals surface area (Å²) >= 11 is 0. The van der Waals surface area contributed by atoms with E-state index in [9.17, 15) is 0 Å². The van der Waals surface area contributed by atoms with Gasteiger partial charge >= 0.3 is 0 Å². The minimum atomic E-state index is -0.0598. The molecule has 0 aliphatic carbocycles. The molecule has 2 N–H and O–H groups in total. The van der Waals surface area contributed by atoms with E-state index in [-0.39, 0.29) is 6.04 Å². The zero-order chi connectivity index (χ0) is 10.5. The first-order chi connectivity index (χ1) is 7.36. The van der Waals surface area contributed by atoms with Gasteiger partial charge in [0, 0.05) is 6.20 Å². The Hall–Kier alpha value is -1.74. The molecule has 2 rings (SSSR count). The van der Waals surface area contributed by atoms with Gasteiger partial charge in [0.1, 0.15) is 6.33 Å². The van der Waals surface area contributed by atoms with E-state index in [2.05, 4.69) is 22.1 Å². The molecule has 0 radical (unpaired) electrons. The van der Waals surface area contributed by atoms with Crippen molar-refractivity contribution in [2.75, 3.05) is 0 Å². The van der Waals surface area contributed by atoms with Crippen LogP contribution in [0.5, 0.6) is 0 Å². The topological polar surface area (TPSA) is 51.8 Å². The largest absolute Gasteiger partial charge is 0.322 e. The first-order valence-corrected chi connectivity index (χ1v) is 4.91. The van der Waals surface area contributed by atoms with Crippen molar-refractivity contribution in [1.82, 2.24) is 9.97 Å². The molecule has 3 heteroatoms. The Balaban J connectivity index is 2.08. The lowest BCUT2D eigenvalue weighted by Gasteiger charge is -2.10. The maximum absolute atomic E-state index is 6.04. The van der Waals surface area contributed by atoms with Gasteiger partial charge in [0.25, 0.3) is 0 Å². The lowest BCUT2D eigenvalue weighted by molar-refractivity contribution is 0.693. The smallest absolute Gasteiger partial charge is 0.115 e. The molecule has 0 aliphatic rings. The lowest BCUT2D eigenvalue weighted by atomic mass is 10.0. The molecule has 1 aromatic carbocycles. The van der Waals surface area contributed by atoms with Gasteiger partial charge in [0.15, 0.2) is 0 Å². The molecular weight excluding hydrogens is 186 g/mol. The third kappa shape index (κ3) is 2.60. The number of aromatic nitrogens is 2. The zero-order valence-corrected chi connectivity index (χ0v) is 8.38. The number of nitrogens with two attached hydrogens (primary N) is 1. The summed E-state index contributed by atoms with van der Waals surface area (Å²) in [7, 11) is 0. The Morgan fingerprint density at radius 2 is 1.93 bits per heavy atom. The van der Waals surface area contributed by atoms with Crippen molar-refractivity contribution in [1.29, 1.82) is 0 Å². The minimum Gasteiger partial charge on any atom is -0.322 e. The van der Waals surface area contributed by atoms with Crippen molar-refractivity contribution in [3.05, 3.63) is 60.2 Å². The standard InChI is InChI=1S/C12H13N3/c13-11(12-6-7-14-9-15-12)8-10-4-2-1-3-5-10/h1-7,9,11H,8,13H2/t11-/m0/s1. The summed E-state index contributed by atoms with van der Waals surface area (Å²) in [4.78, 5) is 8.01. The molecule has 0 fully saturated rings. The van der Waals surface area contributed by atoms with E-state index >= 15 is 0 Å². The molecule has 0 bridgehead atoms. The Morgan fingerprint density at radius 1 is 1.13 bits per heavy atom. The van der Waals surface area contributed by atoms with Gasteiger partial charge in [-0.3, -0.25) is 0 Å². The van der Waals surface area contributed by atoms with Crippen LogP contribution in [0.2, 0.25) is 0 Å². The maximum Gasteiger partial charge on any atom is 0.115 e. The van der Waals surface area contributed by atoms with Crippen LogP contribution in [0.4, 0.5) is 0 Å². The Morgan fingerprint density at radius 3 is 2.60 bits per heavy atom. The molecule has 76 valence electrons. The van der Waals surface area contributed by atoms with Gasteiger partial charge in [-0.2, -0.15) is 0 Å². The van der Waals surface area contributed by atoms with E-state index in [1.807, 2.05) is 24.3 Å². The predicted octanol–water partition coefficient (Wildman–Crippen LogP) is 1.72. The van der Waals surface area contributed by atoms with Crippen molar-refractivity contribution < 1.29 is 0 Å². The molecule has 0 spiro atoms. The fourth-order valence-corrected chi connectivity index (χ4v) is 1.49. The van der Waals surface area contributed by atoms with Gasteiger partial charge in [-0.1, -0.05) is 30.3 Å². The van der Waals surface area contributed by atoms with Crippen molar-refractivity contribution in [3.63, 3.8) is 0 Å². The number of hydrogen-bond acceptors (Lipinski definition) is 3. The summed E-state index contributed by atoms with van der Waals surface area (Å²) in [6, 6.07) is 12.0. The minimum absolute atomic E-state index is 0.0598. The summed E-state index contributed by atoms with van der Waals surface area (Å²) in [6.07, 6.45) is 4.05. The highest BCUT2D eigenvalue weighted by molar-refractivity contribution is 5.18. The number of benzene rings is 1. The first kappa shape index (κ1) is 9.80. The summed E-state index contributed by atoms with van der Waals surface area (Å²) < 4.78 is 0. The first-order valence-electron chi connectivity index (χ1n) is 4.91. The average molecular weight is 199 g/mol. The third-order valence-electron chi connectivity index (χ3n) is 2.28. The fraction of sp³-hybridized carbons (Fsp3) is 0.167. The van der Waals surface area contributed by atoms with E-state index in [1.54, 1.807) is 6.20 Å². The quantitative estimate of drug-likeness (QED) is 0.818. The molecule has 1 atom stereocenters. The highest BCUT2D eigenvalue weighted by Gasteiger charge is 2.07. The van der Waals surface area contributed by atoms with Crippen molar-refractivity contribution >= 4 is 0 Å². The van der Waals surface area contributed by atoms with Crippen LogP contribution >= 0.6 is 0 Å². The lowest BCUT2D eigenvalue weighted by Crippen LogP contribution is -2.14. The van der Waals surface area contributed by atoms with Crippen LogP contribution in [0.3, 0.4) is 0 Å². The zero-order valence-electron chi connectivity index (χ0n) is 8.38. The van der Waals surface area contributed by atoms with Crippen molar-refractivity contribution in [2.24, 2.45) is 5.73 Å². The molecular formula is C12H13N3. The van der Waals surface area contributed by atoms with Crippen LogP contribution < -0.4 is 5.73 Å². The van der Waals surface area contributed by atoms with Crippen molar-refractivity contribution in [2.45, 2.75) is 12.5 Å². The second kappa shape index (κ2) is 4.66. The molecule has 1 heterocycles. The Labute approximate surface area is 89.0 Å². The van der Waals surface area contributed by atoms with Gasteiger partial charge in [-0.15, -0.1) is 0 Å². The molecule has 2 aromatic rings. The van der Waals surface area contributed by atoms with Gasteiger partial charge in [0.2, 0.25) is 0 Å². The molecule has 0 amide bonds. The molecule has 3 nitrogen and oxygen atoms in total. The number of rotatable bonds is 3. The molecule has 0 aliphatic heterocycles. The van der Waals surface area contributed by atoms with E-state index < -0.39 is 0 Å². The van der Waals surface area contributed by atoms with Crippen LogP contribution in [0.25, 0.3) is 0 Å². The highest BCUT2D eigenvalue weighted by Crippen LogP contribution is 2.12. The van der Waals surface area contributed by atoms with E-state index in [1.165, 1.54) is 11.9 Å². The van der Waals surface area contributed by atoms with Gasteiger partial charge in [-0.05, 0) is 18.1 Å². The van der Waals surface area contributed by atoms with E-state index in [0.29, 0.717) is 0 Å². The number of hydrogen-bond donors (Lipinski definition) is 1. The van der Waals surface area contributed by atoms with Crippen LogP contribution in [0.15, 0.2) is 48.9 Å². The second-order valence-electron chi connectivity index (χ2n) is 3.43. The molecule has 0 saturated carbocycles. The summed E-state index contributed by atoms with van der Waals surface area (Å²) in [6.45, 7) is 0. The van der Waals surface area contributed by atoms with Gasteiger partial charge in [0.05, 0.1) is 11.7 Å². The number of nitrogens with zero attached hydrogens (tertiary/aromatic N) is 2. The molecule has 15 heavy (non-hydrogen) atoms. The molecule has 0 unspecified atom stereocenters. The summed E-state index contributed by atoms with van der Waals surface area (Å²) in [5.41, 5.74) is 8.15. The van der Waals surface area contributed by atoms with E-state index in [0.717, 1.165) is 12.1 Å². The predicted molar refractivity (Wildman–Crippen MR) is 59.1 cm³/mol. The molecule has 0 saturated heterocycles. The average Bonchev–Trinajstić information content (AvgIpc) is 2.31. The summed E-state index contributed by atoms with van der Waals surface area (Å²) in [5, 5.41) is 0. The second-order valence-corrected chi connectivity index (χ2v) is 3.43. The Bertz CT molecular complexity index is 400. The monoisotopic (exact) mass is 199 g/mol. The fourth-order valence-electron chi connectivity index (χ4n) is 1.49. The normalized spacial score (nSPS) is 12.3. The van der Waals surface area contributed by atoms with E-state index in [4.69, 9.17) is 5.73 Å². The highest BCUT2D eigenvalue weighted by atomic mass is 14.8.